The summed E-state index contributed by atoms with van der Waals surface area (Å²) < 4.78 is 5.89. The molecule has 1 atom stereocenters. The first-order valence-electron chi connectivity index (χ1n) is 8.91. The molecule has 0 fully saturated rings. The summed E-state index contributed by atoms with van der Waals surface area (Å²) >= 11 is 0. The summed E-state index contributed by atoms with van der Waals surface area (Å²) in [6.45, 7) is 7.40. The molecule has 2 aromatic carbocycles. The van der Waals surface area contributed by atoms with Gasteiger partial charge in [-0.2, -0.15) is 0 Å². The summed E-state index contributed by atoms with van der Waals surface area (Å²) in [5.74, 6) is 1.48. The molecule has 0 aliphatic rings. The van der Waals surface area contributed by atoms with Crippen LogP contribution < -0.4 is 4.74 Å². The largest absolute Gasteiger partial charge is 0.491 e. The molecular formula is C22H32ClNO. The van der Waals surface area contributed by atoms with Crippen molar-refractivity contribution >= 4 is 12.4 Å². The Morgan fingerprint density at radius 1 is 1.00 bits per heavy atom. The third-order valence-corrected chi connectivity index (χ3v) is 4.19. The minimum Gasteiger partial charge on any atom is -0.491 e. The number of nitrogens with zero attached hydrogens (tertiary/aromatic N) is 1. The molecule has 0 aliphatic heterocycles. The maximum atomic E-state index is 5.89. The first-order valence-corrected chi connectivity index (χ1v) is 8.91. The van der Waals surface area contributed by atoms with E-state index in [0.717, 1.165) is 25.1 Å². The SMILES string of the molecule is Cc1cccc(CC(CCN(C)C)c2cccc(OC(C)C)c2)c1.Cl. The zero-order chi connectivity index (χ0) is 17.5. The first kappa shape index (κ1) is 21.5. The van der Waals surface area contributed by atoms with E-state index in [4.69, 9.17) is 4.74 Å². The number of aryl methyl sites for hydroxylation is 1. The van der Waals surface area contributed by atoms with E-state index >= 15 is 0 Å². The fourth-order valence-corrected chi connectivity index (χ4v) is 3.04. The summed E-state index contributed by atoms with van der Waals surface area (Å²) in [6.07, 6.45) is 2.42. The molecule has 0 saturated carbocycles. The van der Waals surface area contributed by atoms with Crippen molar-refractivity contribution in [3.8, 4) is 5.75 Å². The van der Waals surface area contributed by atoms with E-state index in [1.165, 1.54) is 16.7 Å². The van der Waals surface area contributed by atoms with Crippen LogP contribution in [-0.2, 0) is 6.42 Å². The molecule has 2 aromatic rings. The van der Waals surface area contributed by atoms with Crippen molar-refractivity contribution in [1.29, 1.82) is 0 Å². The summed E-state index contributed by atoms with van der Waals surface area (Å²) in [7, 11) is 4.28. The molecule has 2 nitrogen and oxygen atoms in total. The Morgan fingerprint density at radius 2 is 1.72 bits per heavy atom. The highest BCUT2D eigenvalue weighted by Gasteiger charge is 2.14. The van der Waals surface area contributed by atoms with Crippen molar-refractivity contribution in [2.45, 2.75) is 45.6 Å². The van der Waals surface area contributed by atoms with Crippen LogP contribution in [0.2, 0.25) is 0 Å². The van der Waals surface area contributed by atoms with E-state index in [0.29, 0.717) is 5.92 Å². The fourth-order valence-electron chi connectivity index (χ4n) is 3.04. The third-order valence-electron chi connectivity index (χ3n) is 4.19. The monoisotopic (exact) mass is 361 g/mol. The average molecular weight is 362 g/mol. The minimum atomic E-state index is 0. The van der Waals surface area contributed by atoms with Gasteiger partial charge in [-0.05, 0) is 83.4 Å². The van der Waals surface area contributed by atoms with Crippen molar-refractivity contribution in [2.75, 3.05) is 20.6 Å². The third kappa shape index (κ3) is 7.50. The average Bonchev–Trinajstić information content (AvgIpc) is 2.51. The second-order valence-corrected chi connectivity index (χ2v) is 7.22. The van der Waals surface area contributed by atoms with Gasteiger partial charge in [0.25, 0.3) is 0 Å². The highest BCUT2D eigenvalue weighted by atomic mass is 35.5. The normalized spacial score (nSPS) is 12.1. The number of rotatable bonds is 8. The summed E-state index contributed by atoms with van der Waals surface area (Å²) in [5, 5.41) is 0. The highest BCUT2D eigenvalue weighted by molar-refractivity contribution is 5.85. The summed E-state index contributed by atoms with van der Waals surface area (Å²) in [5.41, 5.74) is 4.11. The van der Waals surface area contributed by atoms with Crippen LogP contribution in [-0.4, -0.2) is 31.6 Å². The van der Waals surface area contributed by atoms with Gasteiger partial charge in [-0.3, -0.25) is 0 Å². The van der Waals surface area contributed by atoms with E-state index in [9.17, 15) is 0 Å². The lowest BCUT2D eigenvalue weighted by Gasteiger charge is -2.21. The predicted molar refractivity (Wildman–Crippen MR) is 110 cm³/mol. The van der Waals surface area contributed by atoms with Gasteiger partial charge in [0, 0.05) is 0 Å². The van der Waals surface area contributed by atoms with Gasteiger partial charge in [-0.15, -0.1) is 12.4 Å². The lowest BCUT2D eigenvalue weighted by Crippen LogP contribution is -2.17. The van der Waals surface area contributed by atoms with Gasteiger partial charge >= 0.3 is 0 Å². The number of hydrogen-bond donors (Lipinski definition) is 0. The number of ether oxygens (including phenoxy) is 1. The lowest BCUT2D eigenvalue weighted by molar-refractivity contribution is 0.242. The Morgan fingerprint density at radius 3 is 2.36 bits per heavy atom. The van der Waals surface area contributed by atoms with Gasteiger partial charge < -0.3 is 9.64 Å². The van der Waals surface area contributed by atoms with Gasteiger partial charge in [0.2, 0.25) is 0 Å². The Labute approximate surface area is 159 Å². The smallest absolute Gasteiger partial charge is 0.119 e. The van der Waals surface area contributed by atoms with Gasteiger partial charge in [0.05, 0.1) is 6.10 Å². The van der Waals surface area contributed by atoms with Crippen LogP contribution in [0.4, 0.5) is 0 Å². The van der Waals surface area contributed by atoms with Crippen LogP contribution in [0.3, 0.4) is 0 Å². The molecule has 1 unspecified atom stereocenters. The number of hydrogen-bond acceptors (Lipinski definition) is 2. The van der Waals surface area contributed by atoms with Crippen LogP contribution in [0.5, 0.6) is 5.75 Å². The van der Waals surface area contributed by atoms with Gasteiger partial charge in [-0.25, -0.2) is 0 Å². The van der Waals surface area contributed by atoms with Gasteiger partial charge in [0.15, 0.2) is 0 Å². The summed E-state index contributed by atoms with van der Waals surface area (Å²) in [4.78, 5) is 2.26. The van der Waals surface area contributed by atoms with Crippen LogP contribution in [0.1, 0.15) is 42.9 Å². The van der Waals surface area contributed by atoms with E-state index in [2.05, 4.69) is 88.3 Å². The van der Waals surface area contributed by atoms with E-state index in [1.807, 2.05) is 0 Å². The Balaban J connectivity index is 0.00000312. The predicted octanol–water partition coefficient (Wildman–Crippen LogP) is 5.48. The molecular weight excluding hydrogens is 330 g/mol. The van der Waals surface area contributed by atoms with Crippen molar-refractivity contribution in [3.05, 3.63) is 65.2 Å². The molecule has 0 saturated heterocycles. The van der Waals surface area contributed by atoms with Crippen molar-refractivity contribution in [1.82, 2.24) is 4.90 Å². The van der Waals surface area contributed by atoms with Crippen molar-refractivity contribution in [3.63, 3.8) is 0 Å². The fraction of sp³-hybridized carbons (Fsp3) is 0.455. The van der Waals surface area contributed by atoms with Gasteiger partial charge in [-0.1, -0.05) is 42.0 Å². The molecule has 25 heavy (non-hydrogen) atoms. The molecule has 0 N–H and O–H groups in total. The maximum Gasteiger partial charge on any atom is 0.119 e. The molecule has 0 aromatic heterocycles. The molecule has 138 valence electrons. The molecule has 0 aliphatic carbocycles. The zero-order valence-electron chi connectivity index (χ0n) is 16.2. The Kier molecular flexibility index (Phi) is 9.02. The van der Waals surface area contributed by atoms with E-state index in [-0.39, 0.29) is 18.5 Å². The molecule has 0 bridgehead atoms. The molecule has 0 heterocycles. The number of halogens is 1. The molecule has 0 radical (unpaired) electrons. The Hall–Kier alpha value is -1.51. The highest BCUT2D eigenvalue weighted by Crippen LogP contribution is 2.28. The maximum absolute atomic E-state index is 5.89. The van der Waals surface area contributed by atoms with E-state index < -0.39 is 0 Å². The molecule has 2 rings (SSSR count). The van der Waals surface area contributed by atoms with Crippen LogP contribution in [0.15, 0.2) is 48.5 Å². The minimum absolute atomic E-state index is 0. The van der Waals surface area contributed by atoms with Gasteiger partial charge in [0.1, 0.15) is 5.75 Å². The van der Waals surface area contributed by atoms with Crippen LogP contribution in [0, 0.1) is 6.92 Å². The second-order valence-electron chi connectivity index (χ2n) is 7.22. The van der Waals surface area contributed by atoms with E-state index in [1.54, 1.807) is 0 Å². The quantitative estimate of drug-likeness (QED) is 0.617. The lowest BCUT2D eigenvalue weighted by atomic mass is 9.88. The number of benzene rings is 2. The molecule has 0 amide bonds. The topological polar surface area (TPSA) is 12.5 Å². The first-order chi connectivity index (χ1) is 11.4. The molecule has 3 heteroatoms. The van der Waals surface area contributed by atoms with Crippen molar-refractivity contribution < 1.29 is 4.74 Å². The molecule has 0 spiro atoms. The van der Waals surface area contributed by atoms with Crippen molar-refractivity contribution in [2.24, 2.45) is 0 Å². The summed E-state index contributed by atoms with van der Waals surface area (Å²) in [6, 6.07) is 17.5. The van der Waals surface area contributed by atoms with Crippen LogP contribution in [0.25, 0.3) is 0 Å². The Bertz CT molecular complexity index is 639. The standard InChI is InChI=1S/C22H31NO.ClH/c1-17(2)24-22-11-7-10-20(16-22)21(12-13-23(4)5)15-19-9-6-8-18(3)14-19;/h6-11,14,16-17,21H,12-13,15H2,1-5H3;1H. The van der Waals surface area contributed by atoms with Crippen LogP contribution >= 0.6 is 12.4 Å². The second kappa shape index (κ2) is 10.5. The zero-order valence-corrected chi connectivity index (χ0v) is 17.0.